The molecular formula is C16H18N2O3. The van der Waals surface area contributed by atoms with Crippen LogP contribution in [-0.2, 0) is 0 Å². The fourth-order valence-electron chi connectivity index (χ4n) is 3.03. The van der Waals surface area contributed by atoms with E-state index in [0.29, 0.717) is 11.6 Å². The second-order valence-electron chi connectivity index (χ2n) is 5.50. The summed E-state index contributed by atoms with van der Waals surface area (Å²) in [6.45, 7) is 0. The van der Waals surface area contributed by atoms with Crippen molar-refractivity contribution in [2.45, 2.75) is 38.0 Å². The zero-order valence-electron chi connectivity index (χ0n) is 11.7. The Morgan fingerprint density at radius 1 is 1.19 bits per heavy atom. The van der Waals surface area contributed by atoms with Crippen LogP contribution in [0.15, 0.2) is 30.3 Å². The molecule has 0 saturated heterocycles. The van der Waals surface area contributed by atoms with Crippen LogP contribution < -0.4 is 0 Å². The molecule has 1 fully saturated rings. The van der Waals surface area contributed by atoms with Gasteiger partial charge in [0.25, 0.3) is 0 Å². The Morgan fingerprint density at radius 2 is 1.90 bits per heavy atom. The number of phenols is 1. The molecule has 1 aromatic heterocycles. The van der Waals surface area contributed by atoms with Crippen LogP contribution >= 0.6 is 0 Å². The van der Waals surface area contributed by atoms with E-state index in [1.54, 1.807) is 28.9 Å². The molecule has 1 aliphatic rings. The van der Waals surface area contributed by atoms with Crippen molar-refractivity contribution in [3.8, 4) is 11.4 Å². The van der Waals surface area contributed by atoms with Gasteiger partial charge < -0.3 is 10.2 Å². The summed E-state index contributed by atoms with van der Waals surface area (Å²) in [6.07, 6.45) is 5.61. The van der Waals surface area contributed by atoms with E-state index in [-0.39, 0.29) is 11.4 Å². The van der Waals surface area contributed by atoms with E-state index in [4.69, 9.17) is 0 Å². The molecule has 3 rings (SSSR count). The highest BCUT2D eigenvalue weighted by Crippen LogP contribution is 2.35. The Morgan fingerprint density at radius 3 is 2.57 bits per heavy atom. The molecule has 0 aliphatic heterocycles. The second kappa shape index (κ2) is 5.60. The monoisotopic (exact) mass is 286 g/mol. The first-order valence-electron chi connectivity index (χ1n) is 7.28. The first kappa shape index (κ1) is 13.7. The van der Waals surface area contributed by atoms with Crippen molar-refractivity contribution in [1.29, 1.82) is 0 Å². The lowest BCUT2D eigenvalue weighted by molar-refractivity contribution is 0.0690. The summed E-state index contributed by atoms with van der Waals surface area (Å²) in [6, 6.07) is 8.52. The maximum absolute atomic E-state index is 11.2. The second-order valence-corrected chi connectivity index (χ2v) is 5.50. The van der Waals surface area contributed by atoms with E-state index in [9.17, 15) is 15.0 Å². The molecule has 0 bridgehead atoms. The third-order valence-corrected chi connectivity index (χ3v) is 4.09. The van der Waals surface area contributed by atoms with Gasteiger partial charge in [-0.1, -0.05) is 31.4 Å². The summed E-state index contributed by atoms with van der Waals surface area (Å²) in [5, 5.41) is 23.4. The van der Waals surface area contributed by atoms with Crippen LogP contribution in [0.25, 0.3) is 5.69 Å². The predicted molar refractivity (Wildman–Crippen MR) is 78.0 cm³/mol. The summed E-state index contributed by atoms with van der Waals surface area (Å²) >= 11 is 0. The molecule has 0 atom stereocenters. The van der Waals surface area contributed by atoms with Gasteiger partial charge in [-0.05, 0) is 31.0 Å². The molecule has 0 unspecified atom stereocenters. The number of carbonyl (C=O) groups is 1. The molecule has 0 amide bonds. The molecule has 0 spiro atoms. The maximum atomic E-state index is 11.2. The van der Waals surface area contributed by atoms with Gasteiger partial charge in [0, 0.05) is 11.6 Å². The van der Waals surface area contributed by atoms with Gasteiger partial charge in [0.05, 0.1) is 0 Å². The van der Waals surface area contributed by atoms with E-state index in [1.807, 2.05) is 6.07 Å². The number of aromatic carboxylic acids is 1. The lowest BCUT2D eigenvalue weighted by Gasteiger charge is -2.22. The normalized spacial score (nSPS) is 16.0. The summed E-state index contributed by atoms with van der Waals surface area (Å²) < 4.78 is 1.59. The van der Waals surface area contributed by atoms with Crippen molar-refractivity contribution < 1.29 is 15.0 Å². The van der Waals surface area contributed by atoms with E-state index in [2.05, 4.69) is 5.10 Å². The molecule has 2 N–H and O–H groups in total. The molecule has 1 saturated carbocycles. The minimum atomic E-state index is -1.04. The highest BCUT2D eigenvalue weighted by atomic mass is 16.4. The molecule has 1 aliphatic carbocycles. The third-order valence-electron chi connectivity index (χ3n) is 4.09. The molecule has 110 valence electrons. The van der Waals surface area contributed by atoms with Gasteiger partial charge in [-0.25, -0.2) is 9.48 Å². The lowest BCUT2D eigenvalue weighted by Crippen LogP contribution is -2.11. The lowest BCUT2D eigenvalue weighted by atomic mass is 9.86. The highest BCUT2D eigenvalue weighted by Gasteiger charge is 2.24. The molecule has 1 heterocycles. The Balaban J connectivity index is 2.09. The van der Waals surface area contributed by atoms with E-state index in [1.165, 1.54) is 6.42 Å². The number of benzene rings is 1. The number of nitrogens with zero attached hydrogens (tertiary/aromatic N) is 2. The molecule has 0 radical (unpaired) electrons. The van der Waals surface area contributed by atoms with Gasteiger partial charge in [-0.2, -0.15) is 5.10 Å². The largest absolute Gasteiger partial charge is 0.506 e. The maximum Gasteiger partial charge on any atom is 0.356 e. The van der Waals surface area contributed by atoms with Crippen molar-refractivity contribution in [3.05, 3.63) is 41.7 Å². The molecule has 1 aromatic carbocycles. The summed E-state index contributed by atoms with van der Waals surface area (Å²) in [5.74, 6) is -0.630. The number of phenolic OH excluding ortho intramolecular Hbond substituents is 1. The van der Waals surface area contributed by atoms with Crippen molar-refractivity contribution in [3.63, 3.8) is 0 Å². The summed E-state index contributed by atoms with van der Waals surface area (Å²) in [5.41, 5.74) is 1.44. The Bertz CT molecular complexity index is 657. The fraction of sp³-hybridized carbons (Fsp3) is 0.375. The Labute approximate surface area is 122 Å². The number of carboxylic acids is 1. The van der Waals surface area contributed by atoms with E-state index >= 15 is 0 Å². The van der Waals surface area contributed by atoms with E-state index in [0.717, 1.165) is 31.4 Å². The topological polar surface area (TPSA) is 75.3 Å². The average molecular weight is 286 g/mol. The van der Waals surface area contributed by atoms with E-state index < -0.39 is 5.97 Å². The zero-order chi connectivity index (χ0) is 14.8. The van der Waals surface area contributed by atoms with Gasteiger partial charge in [0.1, 0.15) is 11.4 Å². The zero-order valence-corrected chi connectivity index (χ0v) is 11.7. The standard InChI is InChI=1S/C16H18N2O3/c19-15-9-5-4-8-13(15)18-14(10-12(17-18)16(20)21)11-6-2-1-3-7-11/h4-5,8-11,19H,1-3,6-7H2,(H,20,21). The SMILES string of the molecule is O=C(O)c1cc(C2CCCCC2)n(-c2ccccc2O)n1. The highest BCUT2D eigenvalue weighted by molar-refractivity contribution is 5.85. The van der Waals surface area contributed by atoms with Crippen LogP contribution in [-0.4, -0.2) is 26.0 Å². The molecule has 5 nitrogen and oxygen atoms in total. The number of aromatic hydroxyl groups is 1. The van der Waals surface area contributed by atoms with Gasteiger partial charge >= 0.3 is 5.97 Å². The quantitative estimate of drug-likeness (QED) is 0.907. The fourth-order valence-corrected chi connectivity index (χ4v) is 3.03. The number of para-hydroxylation sites is 2. The van der Waals surface area contributed by atoms with Gasteiger partial charge in [-0.15, -0.1) is 0 Å². The van der Waals surface area contributed by atoms with Crippen LogP contribution in [0.1, 0.15) is 54.2 Å². The molecule has 2 aromatic rings. The first-order valence-corrected chi connectivity index (χ1v) is 7.28. The van der Waals surface area contributed by atoms with Crippen molar-refractivity contribution >= 4 is 5.97 Å². The summed E-state index contributed by atoms with van der Waals surface area (Å²) in [4.78, 5) is 11.2. The van der Waals surface area contributed by atoms with Crippen molar-refractivity contribution in [2.24, 2.45) is 0 Å². The van der Waals surface area contributed by atoms with Crippen molar-refractivity contribution in [2.75, 3.05) is 0 Å². The van der Waals surface area contributed by atoms with Crippen LogP contribution in [0.2, 0.25) is 0 Å². The predicted octanol–water partition coefficient (Wildman–Crippen LogP) is 3.32. The van der Waals surface area contributed by atoms with Gasteiger partial charge in [-0.3, -0.25) is 0 Å². The smallest absolute Gasteiger partial charge is 0.356 e. The van der Waals surface area contributed by atoms with Crippen LogP contribution in [0.5, 0.6) is 5.75 Å². The molecule has 5 heteroatoms. The number of rotatable bonds is 3. The third kappa shape index (κ3) is 2.63. The minimum Gasteiger partial charge on any atom is -0.506 e. The van der Waals surface area contributed by atoms with Gasteiger partial charge in [0.15, 0.2) is 5.69 Å². The molecular weight excluding hydrogens is 268 g/mol. The minimum absolute atomic E-state index is 0.0267. The Kier molecular flexibility index (Phi) is 3.64. The van der Waals surface area contributed by atoms with Crippen molar-refractivity contribution in [1.82, 2.24) is 9.78 Å². The van der Waals surface area contributed by atoms with Crippen LogP contribution in [0.4, 0.5) is 0 Å². The average Bonchev–Trinajstić information content (AvgIpc) is 2.94. The first-order chi connectivity index (χ1) is 10.2. The van der Waals surface area contributed by atoms with Crippen LogP contribution in [0.3, 0.4) is 0 Å². The molecule has 21 heavy (non-hydrogen) atoms. The van der Waals surface area contributed by atoms with Crippen LogP contribution in [0, 0.1) is 0 Å². The number of carboxylic acid groups (broad SMARTS) is 1. The number of aromatic nitrogens is 2. The van der Waals surface area contributed by atoms with Gasteiger partial charge in [0.2, 0.25) is 0 Å². The number of hydrogen-bond donors (Lipinski definition) is 2. The Hall–Kier alpha value is -2.30. The number of hydrogen-bond acceptors (Lipinski definition) is 3. The summed E-state index contributed by atoms with van der Waals surface area (Å²) in [7, 11) is 0.